The van der Waals surface area contributed by atoms with Crippen LogP contribution in [0.15, 0.2) is 54.7 Å². The summed E-state index contributed by atoms with van der Waals surface area (Å²) in [5.41, 5.74) is 3.58. The van der Waals surface area contributed by atoms with Gasteiger partial charge in [0.25, 0.3) is 5.91 Å². The second-order valence-corrected chi connectivity index (χ2v) is 8.80. The van der Waals surface area contributed by atoms with E-state index in [-0.39, 0.29) is 36.7 Å². The van der Waals surface area contributed by atoms with E-state index in [1.807, 2.05) is 68.6 Å². The Kier molecular flexibility index (Phi) is 6.49. The lowest BCUT2D eigenvalue weighted by molar-refractivity contribution is -0.145. The minimum Gasteiger partial charge on any atom is -0.467 e. The molecular formula is C26H29N3O4. The molecule has 2 amide bonds. The zero-order chi connectivity index (χ0) is 23.5. The third kappa shape index (κ3) is 4.49. The van der Waals surface area contributed by atoms with E-state index in [1.165, 1.54) is 7.11 Å². The number of carbonyl (C=O) groups excluding carboxylic acids is 3. The van der Waals surface area contributed by atoms with Gasteiger partial charge in [-0.25, -0.2) is 4.79 Å². The van der Waals surface area contributed by atoms with E-state index < -0.39 is 12.0 Å². The predicted molar refractivity (Wildman–Crippen MR) is 126 cm³/mol. The van der Waals surface area contributed by atoms with Gasteiger partial charge in [-0.05, 0) is 30.0 Å². The maximum atomic E-state index is 13.3. The van der Waals surface area contributed by atoms with Gasteiger partial charge >= 0.3 is 5.97 Å². The number of fused-ring (bicyclic) bond motifs is 2. The van der Waals surface area contributed by atoms with Crippen molar-refractivity contribution in [3.63, 3.8) is 0 Å². The summed E-state index contributed by atoms with van der Waals surface area (Å²) in [5, 5.41) is 3.83. The number of H-pyrrole nitrogens is 1. The minimum atomic E-state index is -0.696. The van der Waals surface area contributed by atoms with Crippen molar-refractivity contribution in [2.24, 2.45) is 5.92 Å². The molecule has 0 fully saturated rings. The van der Waals surface area contributed by atoms with Crippen LogP contribution in [0.4, 0.5) is 0 Å². The summed E-state index contributed by atoms with van der Waals surface area (Å²) in [5.74, 6) is -0.624. The first-order valence-electron chi connectivity index (χ1n) is 11.2. The SMILES string of the molecule is COC(=O)[C@@H](CC(C)C)NC(=O)CCN1C(=O)c2ccccc2[C@@H]1c1c[nH]c2ccccc12. The predicted octanol–water partition coefficient (Wildman–Crippen LogP) is 3.81. The topological polar surface area (TPSA) is 91.5 Å². The Morgan fingerprint density at radius 2 is 1.82 bits per heavy atom. The van der Waals surface area contributed by atoms with E-state index in [4.69, 9.17) is 4.74 Å². The van der Waals surface area contributed by atoms with Crippen molar-refractivity contribution in [3.05, 3.63) is 71.4 Å². The van der Waals surface area contributed by atoms with Crippen LogP contribution < -0.4 is 5.32 Å². The van der Waals surface area contributed by atoms with Crippen LogP contribution in [0.1, 0.15) is 54.2 Å². The summed E-state index contributed by atoms with van der Waals surface area (Å²) in [6, 6.07) is 14.6. The van der Waals surface area contributed by atoms with E-state index in [2.05, 4.69) is 10.3 Å². The second-order valence-electron chi connectivity index (χ2n) is 8.80. The lowest BCUT2D eigenvalue weighted by atomic mass is 9.97. The van der Waals surface area contributed by atoms with E-state index in [1.54, 1.807) is 4.90 Å². The molecule has 2 aromatic carbocycles. The van der Waals surface area contributed by atoms with E-state index in [9.17, 15) is 14.4 Å². The molecule has 2 atom stereocenters. The van der Waals surface area contributed by atoms with Crippen LogP contribution in [0.3, 0.4) is 0 Å². The maximum absolute atomic E-state index is 13.3. The van der Waals surface area contributed by atoms with Gasteiger partial charge in [0.1, 0.15) is 6.04 Å². The fourth-order valence-corrected chi connectivity index (χ4v) is 4.57. The third-order valence-corrected chi connectivity index (χ3v) is 6.08. The smallest absolute Gasteiger partial charge is 0.328 e. The first kappa shape index (κ1) is 22.6. The summed E-state index contributed by atoms with van der Waals surface area (Å²) in [7, 11) is 1.31. The number of rotatable bonds is 8. The number of hydrogen-bond donors (Lipinski definition) is 2. The molecule has 0 radical (unpaired) electrons. The number of aromatic nitrogens is 1. The Balaban J connectivity index is 1.56. The number of nitrogens with one attached hydrogen (secondary N) is 2. The van der Waals surface area contributed by atoms with Crippen LogP contribution in [0, 0.1) is 5.92 Å². The number of aromatic amines is 1. The van der Waals surface area contributed by atoms with Gasteiger partial charge in [0.2, 0.25) is 5.91 Å². The van der Waals surface area contributed by atoms with Crippen molar-refractivity contribution in [2.45, 2.75) is 38.8 Å². The molecule has 3 aromatic rings. The highest BCUT2D eigenvalue weighted by molar-refractivity contribution is 6.01. The fraction of sp³-hybridized carbons (Fsp3) is 0.346. The van der Waals surface area contributed by atoms with Crippen LogP contribution in [0.5, 0.6) is 0 Å². The number of carbonyl (C=O) groups is 3. The molecule has 2 N–H and O–H groups in total. The zero-order valence-electron chi connectivity index (χ0n) is 19.1. The van der Waals surface area contributed by atoms with Gasteiger partial charge in [-0.1, -0.05) is 50.2 Å². The molecule has 0 bridgehead atoms. The molecule has 0 saturated heterocycles. The molecule has 0 spiro atoms. The van der Waals surface area contributed by atoms with Crippen LogP contribution in [-0.4, -0.2) is 47.4 Å². The molecular weight excluding hydrogens is 418 g/mol. The number of benzene rings is 2. The molecule has 1 aliphatic heterocycles. The third-order valence-electron chi connectivity index (χ3n) is 6.08. The number of nitrogens with zero attached hydrogens (tertiary/aromatic N) is 1. The highest BCUT2D eigenvalue weighted by Crippen LogP contribution is 2.41. The average Bonchev–Trinajstić information content (AvgIpc) is 3.35. The molecule has 1 aliphatic rings. The highest BCUT2D eigenvalue weighted by Gasteiger charge is 2.38. The van der Waals surface area contributed by atoms with Crippen molar-refractivity contribution in [3.8, 4) is 0 Å². The number of ether oxygens (including phenoxy) is 1. The van der Waals surface area contributed by atoms with Gasteiger partial charge < -0.3 is 19.9 Å². The average molecular weight is 448 g/mol. The van der Waals surface area contributed by atoms with Crippen LogP contribution >= 0.6 is 0 Å². The Bertz CT molecular complexity index is 1180. The molecule has 4 rings (SSSR count). The van der Waals surface area contributed by atoms with Gasteiger partial charge in [0, 0.05) is 41.2 Å². The molecule has 0 aliphatic carbocycles. The summed E-state index contributed by atoms with van der Waals surface area (Å²) in [4.78, 5) is 43.1. The lowest BCUT2D eigenvalue weighted by Crippen LogP contribution is -2.43. The van der Waals surface area contributed by atoms with Crippen molar-refractivity contribution in [2.75, 3.05) is 13.7 Å². The lowest BCUT2D eigenvalue weighted by Gasteiger charge is -2.26. The number of hydrogen-bond acceptors (Lipinski definition) is 4. The molecule has 0 saturated carbocycles. The summed E-state index contributed by atoms with van der Waals surface area (Å²) >= 11 is 0. The number of esters is 1. The number of methoxy groups -OCH3 is 1. The standard InChI is InChI=1S/C26H29N3O4/c1-16(2)14-22(26(32)33-3)28-23(30)12-13-29-24(18-9-4-5-10-19(18)25(29)31)20-15-27-21-11-7-6-8-17(20)21/h4-11,15-16,22,24,27H,12-14H2,1-3H3,(H,28,30)/t22-,24-/m1/s1. The molecule has 1 aromatic heterocycles. The first-order chi connectivity index (χ1) is 15.9. The molecule has 2 heterocycles. The van der Waals surface area contributed by atoms with Crippen LogP contribution in [0.2, 0.25) is 0 Å². The van der Waals surface area contributed by atoms with Gasteiger partial charge in [-0.3, -0.25) is 9.59 Å². The molecule has 7 nitrogen and oxygen atoms in total. The normalized spacial score (nSPS) is 16.2. The maximum Gasteiger partial charge on any atom is 0.328 e. The van der Waals surface area contributed by atoms with E-state index >= 15 is 0 Å². The minimum absolute atomic E-state index is 0.0875. The van der Waals surface area contributed by atoms with Crippen LogP contribution in [-0.2, 0) is 14.3 Å². The quantitative estimate of drug-likeness (QED) is 0.514. The fourth-order valence-electron chi connectivity index (χ4n) is 4.57. The van der Waals surface area contributed by atoms with Crippen molar-refractivity contribution < 1.29 is 19.1 Å². The molecule has 7 heteroatoms. The van der Waals surface area contributed by atoms with Crippen LogP contribution in [0.25, 0.3) is 10.9 Å². The monoisotopic (exact) mass is 447 g/mol. The summed E-state index contributed by atoms with van der Waals surface area (Å²) in [6.07, 6.45) is 2.52. The Morgan fingerprint density at radius 3 is 2.58 bits per heavy atom. The van der Waals surface area contributed by atoms with Gasteiger partial charge in [0.15, 0.2) is 0 Å². The first-order valence-corrected chi connectivity index (χ1v) is 11.2. The second kappa shape index (κ2) is 9.48. The summed E-state index contributed by atoms with van der Waals surface area (Å²) in [6.45, 7) is 4.20. The zero-order valence-corrected chi connectivity index (χ0v) is 19.1. The van der Waals surface area contributed by atoms with E-state index in [0.29, 0.717) is 12.0 Å². The Hall–Kier alpha value is -3.61. The van der Waals surface area contributed by atoms with Gasteiger partial charge in [-0.2, -0.15) is 0 Å². The Morgan fingerprint density at radius 1 is 1.09 bits per heavy atom. The molecule has 172 valence electrons. The van der Waals surface area contributed by atoms with E-state index in [0.717, 1.165) is 22.0 Å². The summed E-state index contributed by atoms with van der Waals surface area (Å²) < 4.78 is 4.84. The van der Waals surface area contributed by atoms with Crippen molar-refractivity contribution >= 4 is 28.7 Å². The Labute approximate surface area is 193 Å². The van der Waals surface area contributed by atoms with Crippen molar-refractivity contribution in [1.29, 1.82) is 0 Å². The highest BCUT2D eigenvalue weighted by atomic mass is 16.5. The van der Waals surface area contributed by atoms with Gasteiger partial charge in [0.05, 0.1) is 13.2 Å². The molecule has 0 unspecified atom stereocenters. The number of amides is 2. The molecule has 33 heavy (non-hydrogen) atoms. The van der Waals surface area contributed by atoms with Gasteiger partial charge in [-0.15, -0.1) is 0 Å². The van der Waals surface area contributed by atoms with Crippen molar-refractivity contribution in [1.82, 2.24) is 15.2 Å². The number of para-hydroxylation sites is 1. The largest absolute Gasteiger partial charge is 0.467 e.